The highest BCUT2D eigenvalue weighted by molar-refractivity contribution is 5.96. The molecule has 0 bridgehead atoms. The van der Waals surface area contributed by atoms with Crippen LogP contribution in [0, 0.1) is 0 Å². The first-order chi connectivity index (χ1) is 13.5. The van der Waals surface area contributed by atoms with Gasteiger partial charge in [0.1, 0.15) is 5.58 Å². The van der Waals surface area contributed by atoms with Gasteiger partial charge in [-0.05, 0) is 18.6 Å². The third-order valence-electron chi connectivity index (χ3n) is 4.76. The minimum absolute atomic E-state index is 0.0645. The van der Waals surface area contributed by atoms with Gasteiger partial charge in [-0.3, -0.25) is 4.79 Å². The second-order valence-electron chi connectivity index (χ2n) is 6.51. The Hall–Kier alpha value is -3.12. The van der Waals surface area contributed by atoms with Gasteiger partial charge in [-0.1, -0.05) is 48.5 Å². The van der Waals surface area contributed by atoms with E-state index >= 15 is 0 Å². The molecule has 0 N–H and O–H groups in total. The molecule has 2 aromatic carbocycles. The Labute approximate surface area is 163 Å². The van der Waals surface area contributed by atoms with E-state index < -0.39 is 5.97 Å². The van der Waals surface area contributed by atoms with E-state index in [2.05, 4.69) is 0 Å². The van der Waals surface area contributed by atoms with Gasteiger partial charge in [0.2, 0.25) is 5.76 Å². The lowest BCUT2D eigenvalue weighted by molar-refractivity contribution is -0.135. The molecule has 0 aliphatic rings. The molecule has 6 nitrogen and oxygen atoms in total. The summed E-state index contributed by atoms with van der Waals surface area (Å²) in [5, 5.41) is 0.789. The zero-order valence-electron chi connectivity index (χ0n) is 16.2. The highest BCUT2D eigenvalue weighted by atomic mass is 16.5. The van der Waals surface area contributed by atoms with Crippen LogP contribution in [-0.4, -0.2) is 37.5 Å². The molecule has 0 saturated carbocycles. The largest absolute Gasteiger partial charge is 0.450 e. The Morgan fingerprint density at radius 2 is 1.75 bits per heavy atom. The number of amides is 1. The summed E-state index contributed by atoms with van der Waals surface area (Å²) in [6, 6.07) is 16.8. The quantitative estimate of drug-likeness (QED) is 0.580. The first-order valence-corrected chi connectivity index (χ1v) is 9.00. The number of benzene rings is 2. The van der Waals surface area contributed by atoms with Gasteiger partial charge in [0.15, 0.2) is 6.61 Å². The first kappa shape index (κ1) is 19.6. The lowest BCUT2D eigenvalue weighted by atomic mass is 10.1. The molecule has 0 aliphatic heterocycles. The second kappa shape index (κ2) is 8.71. The molecule has 1 unspecified atom stereocenters. The number of carbonyl (C=O) groups excluding carboxylic acids is 2. The SMILES string of the molecule is COCc1c(C(=O)OCC(=O)N(C)C(C)c2ccccc2)oc2ccccc12. The minimum Gasteiger partial charge on any atom is -0.450 e. The van der Waals surface area contributed by atoms with Gasteiger partial charge in [-0.25, -0.2) is 4.79 Å². The van der Waals surface area contributed by atoms with Crippen LogP contribution in [0.5, 0.6) is 0 Å². The van der Waals surface area contributed by atoms with Gasteiger partial charge in [0.05, 0.1) is 12.6 Å². The molecule has 3 rings (SSSR count). The molecule has 1 aromatic heterocycles. The smallest absolute Gasteiger partial charge is 0.375 e. The lowest BCUT2D eigenvalue weighted by Crippen LogP contribution is -2.33. The number of hydrogen-bond acceptors (Lipinski definition) is 5. The van der Waals surface area contributed by atoms with E-state index in [1.807, 2.05) is 55.5 Å². The van der Waals surface area contributed by atoms with Crippen LogP contribution in [-0.2, 0) is 20.9 Å². The van der Waals surface area contributed by atoms with Crippen LogP contribution in [0.3, 0.4) is 0 Å². The van der Waals surface area contributed by atoms with Crippen molar-refractivity contribution in [3.05, 3.63) is 71.5 Å². The monoisotopic (exact) mass is 381 g/mol. The number of furan rings is 1. The zero-order valence-corrected chi connectivity index (χ0v) is 16.2. The first-order valence-electron chi connectivity index (χ1n) is 9.00. The average molecular weight is 381 g/mol. The van der Waals surface area contributed by atoms with Crippen LogP contribution in [0.25, 0.3) is 11.0 Å². The molecule has 1 atom stereocenters. The van der Waals surface area contributed by atoms with E-state index in [4.69, 9.17) is 13.9 Å². The van der Waals surface area contributed by atoms with Crippen molar-refractivity contribution >= 4 is 22.8 Å². The maximum atomic E-state index is 12.5. The van der Waals surface area contributed by atoms with E-state index in [9.17, 15) is 9.59 Å². The summed E-state index contributed by atoms with van der Waals surface area (Å²) in [6.07, 6.45) is 0. The number of ether oxygens (including phenoxy) is 2. The third kappa shape index (κ3) is 4.07. The summed E-state index contributed by atoms with van der Waals surface area (Å²) in [7, 11) is 3.23. The predicted molar refractivity (Wildman–Crippen MR) is 105 cm³/mol. The molecule has 0 fully saturated rings. The summed E-state index contributed by atoms with van der Waals surface area (Å²) in [5.74, 6) is -0.916. The topological polar surface area (TPSA) is 69.0 Å². The summed E-state index contributed by atoms with van der Waals surface area (Å²) in [4.78, 5) is 26.6. The molecule has 1 amide bonds. The van der Waals surface area contributed by atoms with Crippen molar-refractivity contribution in [2.24, 2.45) is 0 Å². The van der Waals surface area contributed by atoms with Crippen molar-refractivity contribution in [3.63, 3.8) is 0 Å². The number of nitrogens with zero attached hydrogens (tertiary/aromatic N) is 1. The Morgan fingerprint density at radius 3 is 2.46 bits per heavy atom. The number of para-hydroxylation sites is 1. The van der Waals surface area contributed by atoms with Crippen LogP contribution >= 0.6 is 0 Å². The molecule has 146 valence electrons. The Bertz CT molecular complexity index is 963. The standard InChI is InChI=1S/C22H23NO5/c1-15(16-9-5-4-6-10-16)23(2)20(24)14-27-22(25)21-18(13-26-3)17-11-7-8-12-19(17)28-21/h4-12,15H,13-14H2,1-3H3. The molecule has 3 aromatic rings. The predicted octanol–water partition coefficient (Wildman–Crippen LogP) is 3.96. The van der Waals surface area contributed by atoms with Crippen molar-refractivity contribution in [2.75, 3.05) is 20.8 Å². The van der Waals surface area contributed by atoms with Gasteiger partial charge in [0, 0.05) is 25.1 Å². The highest BCUT2D eigenvalue weighted by Crippen LogP contribution is 2.27. The molecule has 6 heteroatoms. The van der Waals surface area contributed by atoms with Crippen molar-refractivity contribution in [3.8, 4) is 0 Å². The number of esters is 1. The summed E-state index contributed by atoms with van der Waals surface area (Å²) < 4.78 is 16.1. The van der Waals surface area contributed by atoms with Crippen LogP contribution in [0.1, 0.15) is 34.6 Å². The molecule has 1 heterocycles. The van der Waals surface area contributed by atoms with Crippen molar-refractivity contribution < 1.29 is 23.5 Å². The Morgan fingerprint density at radius 1 is 1.07 bits per heavy atom. The number of rotatable bonds is 7. The summed E-state index contributed by atoms with van der Waals surface area (Å²) >= 11 is 0. The van der Waals surface area contributed by atoms with Crippen LogP contribution in [0.2, 0.25) is 0 Å². The van der Waals surface area contributed by atoms with E-state index in [1.54, 1.807) is 25.1 Å². The highest BCUT2D eigenvalue weighted by Gasteiger charge is 2.24. The van der Waals surface area contributed by atoms with E-state index in [0.29, 0.717) is 11.1 Å². The van der Waals surface area contributed by atoms with Gasteiger partial charge >= 0.3 is 5.97 Å². The van der Waals surface area contributed by atoms with E-state index in [1.165, 1.54) is 0 Å². The van der Waals surface area contributed by atoms with Crippen LogP contribution < -0.4 is 0 Å². The maximum Gasteiger partial charge on any atom is 0.375 e. The minimum atomic E-state index is -0.683. The Kier molecular flexibility index (Phi) is 6.11. The van der Waals surface area contributed by atoms with Crippen LogP contribution in [0.4, 0.5) is 0 Å². The number of methoxy groups -OCH3 is 1. The molecule has 0 radical (unpaired) electrons. The van der Waals surface area contributed by atoms with Crippen LogP contribution in [0.15, 0.2) is 59.0 Å². The summed E-state index contributed by atoms with van der Waals surface area (Å²) in [6.45, 7) is 1.77. The number of carbonyl (C=O) groups is 2. The van der Waals surface area contributed by atoms with E-state index in [-0.39, 0.29) is 30.9 Å². The number of likely N-dealkylation sites (N-methyl/N-ethyl adjacent to an activating group) is 1. The molecular formula is C22H23NO5. The van der Waals surface area contributed by atoms with Gasteiger partial charge in [0.25, 0.3) is 5.91 Å². The number of hydrogen-bond donors (Lipinski definition) is 0. The molecule has 28 heavy (non-hydrogen) atoms. The van der Waals surface area contributed by atoms with Crippen molar-refractivity contribution in [1.29, 1.82) is 0 Å². The molecule has 0 saturated heterocycles. The van der Waals surface area contributed by atoms with E-state index in [0.717, 1.165) is 10.9 Å². The fourth-order valence-electron chi connectivity index (χ4n) is 3.02. The fraction of sp³-hybridized carbons (Fsp3) is 0.273. The third-order valence-corrected chi connectivity index (χ3v) is 4.76. The number of fused-ring (bicyclic) bond motifs is 1. The molecule has 0 aliphatic carbocycles. The zero-order chi connectivity index (χ0) is 20.1. The van der Waals surface area contributed by atoms with Gasteiger partial charge < -0.3 is 18.8 Å². The maximum absolute atomic E-state index is 12.5. The van der Waals surface area contributed by atoms with Crippen molar-refractivity contribution in [1.82, 2.24) is 4.90 Å². The Balaban J connectivity index is 1.69. The molecular weight excluding hydrogens is 358 g/mol. The normalized spacial score (nSPS) is 12.0. The molecule has 0 spiro atoms. The van der Waals surface area contributed by atoms with Gasteiger partial charge in [-0.15, -0.1) is 0 Å². The fourth-order valence-corrected chi connectivity index (χ4v) is 3.02. The van der Waals surface area contributed by atoms with Gasteiger partial charge in [-0.2, -0.15) is 0 Å². The second-order valence-corrected chi connectivity index (χ2v) is 6.51. The van der Waals surface area contributed by atoms with Crippen molar-refractivity contribution in [2.45, 2.75) is 19.6 Å². The lowest BCUT2D eigenvalue weighted by Gasteiger charge is -2.25. The average Bonchev–Trinajstić information content (AvgIpc) is 3.10. The summed E-state index contributed by atoms with van der Waals surface area (Å²) in [5.41, 5.74) is 2.19.